The Bertz CT molecular complexity index is 279. The van der Waals surface area contributed by atoms with E-state index in [9.17, 15) is 0 Å². The van der Waals surface area contributed by atoms with E-state index < -0.39 is 0 Å². The first-order valence-electron chi connectivity index (χ1n) is 3.65. The third kappa shape index (κ3) is 1.41. The van der Waals surface area contributed by atoms with E-state index in [1.54, 1.807) is 0 Å². The zero-order valence-corrected chi connectivity index (χ0v) is 7.12. The van der Waals surface area contributed by atoms with Gasteiger partial charge < -0.3 is 0 Å². The SMILES string of the molecule is C1=Cc2ccccc2C=CP1. The molecule has 1 heterocycles. The fourth-order valence-corrected chi connectivity index (χ4v) is 1.81. The number of fused-ring (bicyclic) bond motifs is 1. The zero-order valence-electron chi connectivity index (χ0n) is 6.12. The maximum Gasteiger partial charge on any atom is -0.0184 e. The minimum atomic E-state index is 0.830. The van der Waals surface area contributed by atoms with E-state index in [1.165, 1.54) is 11.1 Å². The first-order valence-corrected chi connectivity index (χ1v) is 4.80. The van der Waals surface area contributed by atoms with Crippen LogP contribution in [0.1, 0.15) is 11.1 Å². The molecule has 0 aliphatic carbocycles. The number of hydrogen-bond donors (Lipinski definition) is 0. The largest absolute Gasteiger partial charge is 0.0749 e. The van der Waals surface area contributed by atoms with Crippen molar-refractivity contribution in [1.82, 2.24) is 0 Å². The van der Waals surface area contributed by atoms with Gasteiger partial charge in [-0.1, -0.05) is 56.6 Å². The first kappa shape index (κ1) is 6.82. The van der Waals surface area contributed by atoms with Crippen molar-refractivity contribution in [3.8, 4) is 0 Å². The molecule has 0 aromatic heterocycles. The van der Waals surface area contributed by atoms with E-state index in [0.29, 0.717) is 0 Å². The Balaban J connectivity index is 2.58. The highest BCUT2D eigenvalue weighted by Gasteiger charge is 1.94. The monoisotopic (exact) mass is 160 g/mol. The normalized spacial score (nSPS) is 14.2. The van der Waals surface area contributed by atoms with Gasteiger partial charge in [0.1, 0.15) is 0 Å². The van der Waals surface area contributed by atoms with Crippen molar-refractivity contribution in [3.63, 3.8) is 0 Å². The summed E-state index contributed by atoms with van der Waals surface area (Å²) in [5, 5.41) is 0. The van der Waals surface area contributed by atoms with E-state index >= 15 is 0 Å². The lowest BCUT2D eigenvalue weighted by Gasteiger charge is -1.96. The van der Waals surface area contributed by atoms with Crippen molar-refractivity contribution in [1.29, 1.82) is 0 Å². The molecule has 2 rings (SSSR count). The molecule has 0 spiro atoms. The molecule has 11 heavy (non-hydrogen) atoms. The topological polar surface area (TPSA) is 0 Å². The summed E-state index contributed by atoms with van der Waals surface area (Å²) in [5.74, 6) is 4.42. The van der Waals surface area contributed by atoms with Crippen LogP contribution in [0.15, 0.2) is 35.9 Å². The van der Waals surface area contributed by atoms with Crippen LogP contribution in [0, 0.1) is 0 Å². The molecule has 1 aromatic carbocycles. The van der Waals surface area contributed by atoms with E-state index in [4.69, 9.17) is 0 Å². The fraction of sp³-hybridized carbons (Fsp3) is 0. The van der Waals surface area contributed by atoms with Crippen molar-refractivity contribution < 1.29 is 0 Å². The third-order valence-corrected chi connectivity index (χ3v) is 2.43. The fourth-order valence-electron chi connectivity index (χ4n) is 1.15. The molecule has 0 bridgehead atoms. The Labute approximate surface area is 68.4 Å². The maximum absolute atomic E-state index is 2.21. The average molecular weight is 160 g/mol. The lowest BCUT2D eigenvalue weighted by atomic mass is 10.1. The van der Waals surface area contributed by atoms with Gasteiger partial charge in [-0.25, -0.2) is 0 Å². The van der Waals surface area contributed by atoms with Gasteiger partial charge >= 0.3 is 0 Å². The molecule has 0 radical (unpaired) electrons. The molecule has 1 heteroatoms. The predicted octanol–water partition coefficient (Wildman–Crippen LogP) is 3.32. The summed E-state index contributed by atoms with van der Waals surface area (Å²) >= 11 is 0. The van der Waals surface area contributed by atoms with Crippen molar-refractivity contribution in [3.05, 3.63) is 47.0 Å². The van der Waals surface area contributed by atoms with Crippen molar-refractivity contribution in [2.45, 2.75) is 0 Å². The molecular formula is C10H9P. The van der Waals surface area contributed by atoms with Crippen LogP contribution in [-0.2, 0) is 0 Å². The second kappa shape index (κ2) is 3.02. The summed E-state index contributed by atoms with van der Waals surface area (Å²) in [6, 6.07) is 8.44. The smallest absolute Gasteiger partial charge is 0.0184 e. The molecule has 0 fully saturated rings. The van der Waals surface area contributed by atoms with Gasteiger partial charge in [0, 0.05) is 0 Å². The molecule has 0 amide bonds. The Morgan fingerprint density at radius 1 is 0.818 bits per heavy atom. The van der Waals surface area contributed by atoms with Crippen LogP contribution in [-0.4, -0.2) is 0 Å². The van der Waals surface area contributed by atoms with Crippen LogP contribution in [0.2, 0.25) is 0 Å². The molecular weight excluding hydrogens is 151 g/mol. The summed E-state index contributed by atoms with van der Waals surface area (Å²) < 4.78 is 0. The second-order valence-electron chi connectivity index (χ2n) is 2.46. The minimum Gasteiger partial charge on any atom is -0.0749 e. The number of benzene rings is 1. The molecule has 1 aliphatic heterocycles. The van der Waals surface area contributed by atoms with Gasteiger partial charge in [0.25, 0.3) is 0 Å². The Morgan fingerprint density at radius 2 is 1.36 bits per heavy atom. The molecule has 0 atom stereocenters. The van der Waals surface area contributed by atoms with Gasteiger partial charge in [-0.3, -0.25) is 0 Å². The number of hydrogen-bond acceptors (Lipinski definition) is 0. The Morgan fingerprint density at radius 3 is 1.91 bits per heavy atom. The van der Waals surface area contributed by atoms with Gasteiger partial charge in [-0.15, -0.1) is 0 Å². The molecule has 0 saturated carbocycles. The molecule has 0 unspecified atom stereocenters. The van der Waals surface area contributed by atoms with E-state index in [0.717, 1.165) is 8.58 Å². The van der Waals surface area contributed by atoms with Crippen LogP contribution in [0.5, 0.6) is 0 Å². The van der Waals surface area contributed by atoms with Gasteiger partial charge in [0.15, 0.2) is 0 Å². The quantitative estimate of drug-likeness (QED) is 0.510. The van der Waals surface area contributed by atoms with Crippen LogP contribution in [0.25, 0.3) is 12.2 Å². The third-order valence-electron chi connectivity index (χ3n) is 1.71. The molecule has 1 aliphatic rings. The first-order chi connectivity index (χ1) is 5.47. The number of rotatable bonds is 0. The van der Waals surface area contributed by atoms with Crippen molar-refractivity contribution >= 4 is 20.7 Å². The highest BCUT2D eigenvalue weighted by atomic mass is 31.1. The molecule has 0 N–H and O–H groups in total. The average Bonchev–Trinajstić information content (AvgIpc) is 2.28. The standard InChI is InChI=1S/C10H9P/c1-2-4-10-6-8-11-7-5-9(10)3-1/h1-8,11H. The van der Waals surface area contributed by atoms with Crippen LogP contribution >= 0.6 is 8.58 Å². The van der Waals surface area contributed by atoms with Crippen molar-refractivity contribution in [2.75, 3.05) is 0 Å². The Hall–Kier alpha value is -0.870. The predicted molar refractivity (Wildman–Crippen MR) is 52.8 cm³/mol. The molecule has 0 nitrogen and oxygen atoms in total. The summed E-state index contributed by atoms with van der Waals surface area (Å²) in [6.45, 7) is 0. The summed E-state index contributed by atoms with van der Waals surface area (Å²) in [4.78, 5) is 0. The van der Waals surface area contributed by atoms with Gasteiger partial charge in [0.2, 0.25) is 0 Å². The van der Waals surface area contributed by atoms with Gasteiger partial charge in [-0.2, -0.15) is 0 Å². The van der Waals surface area contributed by atoms with Crippen LogP contribution < -0.4 is 0 Å². The molecule has 1 aromatic rings. The maximum atomic E-state index is 2.21. The zero-order chi connectivity index (χ0) is 7.52. The molecule has 54 valence electrons. The van der Waals surface area contributed by atoms with E-state index in [1.807, 2.05) is 0 Å². The van der Waals surface area contributed by atoms with E-state index in [2.05, 4.69) is 48.1 Å². The Kier molecular flexibility index (Phi) is 1.87. The minimum absolute atomic E-state index is 0.830. The van der Waals surface area contributed by atoms with Crippen LogP contribution in [0.4, 0.5) is 0 Å². The van der Waals surface area contributed by atoms with Gasteiger partial charge in [-0.05, 0) is 11.1 Å². The highest BCUT2D eigenvalue weighted by Crippen LogP contribution is 2.24. The van der Waals surface area contributed by atoms with Crippen molar-refractivity contribution in [2.24, 2.45) is 0 Å². The van der Waals surface area contributed by atoms with E-state index in [-0.39, 0.29) is 0 Å². The second-order valence-corrected chi connectivity index (χ2v) is 3.46. The molecule has 0 saturated heterocycles. The van der Waals surface area contributed by atoms with Crippen LogP contribution in [0.3, 0.4) is 0 Å². The van der Waals surface area contributed by atoms with Gasteiger partial charge in [0.05, 0.1) is 0 Å². The summed E-state index contributed by atoms with van der Waals surface area (Å²) in [7, 11) is 0.830. The summed E-state index contributed by atoms with van der Waals surface area (Å²) in [6.07, 6.45) is 4.38. The lowest BCUT2D eigenvalue weighted by molar-refractivity contribution is 1.62. The lowest BCUT2D eigenvalue weighted by Crippen LogP contribution is -1.76. The highest BCUT2D eigenvalue weighted by molar-refractivity contribution is 7.45. The summed E-state index contributed by atoms with van der Waals surface area (Å²) in [5.41, 5.74) is 2.66.